The molecule has 3 N–H and O–H groups in total. The molecule has 0 saturated carbocycles. The number of carbonyl (C=O) groups is 1. The number of pyridine rings is 1. The molecule has 0 aromatic carbocycles. The van der Waals surface area contributed by atoms with E-state index in [-0.39, 0.29) is 24.2 Å². The van der Waals surface area contributed by atoms with E-state index >= 15 is 0 Å². The monoisotopic (exact) mass is 312 g/mol. The number of aryl methyl sites for hydroxylation is 1. The smallest absolute Gasteiger partial charge is 0.259 e. The minimum Gasteiger partial charge on any atom is -0.352 e. The van der Waals surface area contributed by atoms with Gasteiger partial charge in [0.1, 0.15) is 0 Å². The van der Waals surface area contributed by atoms with Crippen LogP contribution >= 0.6 is 12.4 Å². The highest BCUT2D eigenvalue weighted by atomic mass is 35.5. The normalized spacial score (nSPS) is 10.7. The van der Waals surface area contributed by atoms with Crippen LogP contribution in [0.3, 0.4) is 0 Å². The fourth-order valence-corrected chi connectivity index (χ4v) is 2.07. The van der Waals surface area contributed by atoms with Crippen LogP contribution in [0.25, 0.3) is 11.1 Å². The lowest BCUT2D eigenvalue weighted by molar-refractivity contribution is 0.0955. The predicted molar refractivity (Wildman–Crippen MR) is 83.9 cm³/mol. The summed E-state index contributed by atoms with van der Waals surface area (Å²) in [5.41, 5.74) is 7.90. The van der Waals surface area contributed by atoms with E-state index in [1.165, 1.54) is 0 Å². The van der Waals surface area contributed by atoms with Gasteiger partial charge in [-0.15, -0.1) is 12.4 Å². The second-order valence-corrected chi connectivity index (χ2v) is 5.11. The van der Waals surface area contributed by atoms with Crippen LogP contribution in [0.1, 0.15) is 47.9 Å². The van der Waals surface area contributed by atoms with Crippen LogP contribution in [-0.2, 0) is 0 Å². The molecule has 0 saturated heterocycles. The maximum absolute atomic E-state index is 12.3. The Labute approximate surface area is 129 Å². The Morgan fingerprint density at radius 1 is 1.48 bits per heavy atom. The van der Waals surface area contributed by atoms with E-state index in [1.807, 2.05) is 20.8 Å². The summed E-state index contributed by atoms with van der Waals surface area (Å²) in [6, 6.07) is 1.77. The summed E-state index contributed by atoms with van der Waals surface area (Å²) in [7, 11) is 0. The van der Waals surface area contributed by atoms with Crippen LogP contribution in [0.15, 0.2) is 10.6 Å². The number of halogens is 1. The van der Waals surface area contributed by atoms with E-state index < -0.39 is 0 Å². The Hall–Kier alpha value is -1.66. The lowest BCUT2D eigenvalue weighted by atomic mass is 10.0. The number of nitrogens with zero attached hydrogens (tertiary/aromatic N) is 2. The molecule has 6 nitrogen and oxygen atoms in total. The van der Waals surface area contributed by atoms with E-state index in [0.29, 0.717) is 29.8 Å². The van der Waals surface area contributed by atoms with Crippen LogP contribution in [0.2, 0.25) is 0 Å². The molecule has 0 aliphatic carbocycles. The van der Waals surface area contributed by atoms with E-state index in [2.05, 4.69) is 15.5 Å². The van der Waals surface area contributed by atoms with Crippen molar-refractivity contribution in [1.82, 2.24) is 15.5 Å². The van der Waals surface area contributed by atoms with Crippen molar-refractivity contribution in [1.29, 1.82) is 0 Å². The largest absolute Gasteiger partial charge is 0.352 e. The summed E-state index contributed by atoms with van der Waals surface area (Å²) in [6.45, 7) is 6.95. The molecule has 116 valence electrons. The van der Waals surface area contributed by atoms with Crippen molar-refractivity contribution in [3.63, 3.8) is 0 Å². The molecule has 0 atom stereocenters. The van der Waals surface area contributed by atoms with E-state index in [4.69, 9.17) is 10.3 Å². The Morgan fingerprint density at radius 3 is 2.81 bits per heavy atom. The van der Waals surface area contributed by atoms with Crippen molar-refractivity contribution in [2.24, 2.45) is 5.73 Å². The van der Waals surface area contributed by atoms with Gasteiger partial charge in [-0.2, -0.15) is 0 Å². The van der Waals surface area contributed by atoms with Crippen LogP contribution in [-0.4, -0.2) is 29.1 Å². The fourth-order valence-electron chi connectivity index (χ4n) is 2.07. The first-order valence-corrected chi connectivity index (χ1v) is 6.79. The number of fused-ring (bicyclic) bond motifs is 1. The van der Waals surface area contributed by atoms with Crippen molar-refractivity contribution in [3.8, 4) is 0 Å². The third-order valence-corrected chi connectivity index (χ3v) is 3.06. The molecule has 0 bridgehead atoms. The summed E-state index contributed by atoms with van der Waals surface area (Å²) in [5, 5.41) is 7.60. The zero-order chi connectivity index (χ0) is 14.7. The van der Waals surface area contributed by atoms with Gasteiger partial charge >= 0.3 is 0 Å². The van der Waals surface area contributed by atoms with Crippen LogP contribution in [0, 0.1) is 6.92 Å². The maximum Gasteiger partial charge on any atom is 0.259 e. The van der Waals surface area contributed by atoms with Gasteiger partial charge in [0.15, 0.2) is 0 Å². The average Bonchev–Trinajstić information content (AvgIpc) is 2.81. The Bertz CT molecular complexity index is 625. The lowest BCUT2D eigenvalue weighted by Gasteiger charge is -2.07. The van der Waals surface area contributed by atoms with Crippen molar-refractivity contribution in [3.05, 3.63) is 23.0 Å². The number of carbonyl (C=O) groups excluding carboxylic acids is 1. The van der Waals surface area contributed by atoms with Gasteiger partial charge < -0.3 is 15.6 Å². The second-order valence-electron chi connectivity index (χ2n) is 5.11. The minimum absolute atomic E-state index is 0. The van der Waals surface area contributed by atoms with Crippen LogP contribution in [0.4, 0.5) is 0 Å². The highest BCUT2D eigenvalue weighted by Gasteiger charge is 2.20. The quantitative estimate of drug-likeness (QED) is 0.825. The van der Waals surface area contributed by atoms with Crippen molar-refractivity contribution in [2.75, 3.05) is 13.1 Å². The summed E-state index contributed by atoms with van der Waals surface area (Å²) < 4.78 is 5.25. The molecule has 2 aromatic heterocycles. The summed E-state index contributed by atoms with van der Waals surface area (Å²) in [5.74, 6) is 0.0235. The molecule has 0 aliphatic rings. The molecule has 0 radical (unpaired) electrons. The van der Waals surface area contributed by atoms with Crippen molar-refractivity contribution in [2.45, 2.75) is 33.1 Å². The molecular formula is C14H21ClN4O2. The number of nitrogens with one attached hydrogen (secondary N) is 1. The first-order valence-electron chi connectivity index (χ1n) is 6.79. The van der Waals surface area contributed by atoms with E-state index in [9.17, 15) is 4.79 Å². The highest BCUT2D eigenvalue weighted by Crippen LogP contribution is 2.27. The molecule has 2 rings (SSSR count). The van der Waals surface area contributed by atoms with Crippen molar-refractivity contribution < 1.29 is 9.32 Å². The summed E-state index contributed by atoms with van der Waals surface area (Å²) >= 11 is 0. The molecule has 1 amide bonds. The first-order chi connectivity index (χ1) is 9.54. The summed E-state index contributed by atoms with van der Waals surface area (Å²) in [6.07, 6.45) is 0.750. The SMILES string of the molecule is Cc1cc(C(=O)NCCCN)c2c(C(C)C)noc2n1.Cl. The predicted octanol–water partition coefficient (Wildman–Crippen LogP) is 2.16. The van der Waals surface area contributed by atoms with Crippen molar-refractivity contribution >= 4 is 29.4 Å². The second kappa shape index (κ2) is 7.38. The standard InChI is InChI=1S/C14H20N4O2.ClH/c1-8(2)12-11-10(13(19)16-6-4-5-15)7-9(3)17-14(11)20-18-12;/h7-8H,4-6,15H2,1-3H3,(H,16,19);1H. The van der Waals surface area contributed by atoms with Gasteiger partial charge in [-0.1, -0.05) is 19.0 Å². The van der Waals surface area contributed by atoms with Gasteiger partial charge in [0.05, 0.1) is 16.6 Å². The molecule has 7 heteroatoms. The zero-order valence-electron chi connectivity index (χ0n) is 12.5. The average molecular weight is 313 g/mol. The fraction of sp³-hybridized carbons (Fsp3) is 0.500. The molecule has 0 unspecified atom stereocenters. The Balaban J connectivity index is 0.00000220. The number of aromatic nitrogens is 2. The Morgan fingerprint density at radius 2 is 2.19 bits per heavy atom. The minimum atomic E-state index is -0.140. The Kier molecular flexibility index (Phi) is 6.11. The zero-order valence-corrected chi connectivity index (χ0v) is 13.3. The van der Waals surface area contributed by atoms with Gasteiger partial charge in [0.25, 0.3) is 11.6 Å². The van der Waals surface area contributed by atoms with E-state index in [0.717, 1.165) is 17.8 Å². The topological polar surface area (TPSA) is 94.0 Å². The summed E-state index contributed by atoms with van der Waals surface area (Å²) in [4.78, 5) is 16.6. The maximum atomic E-state index is 12.3. The lowest BCUT2D eigenvalue weighted by Crippen LogP contribution is -2.26. The van der Waals surface area contributed by atoms with E-state index in [1.54, 1.807) is 6.07 Å². The molecule has 2 heterocycles. The highest BCUT2D eigenvalue weighted by molar-refractivity contribution is 6.06. The van der Waals surface area contributed by atoms with Gasteiger partial charge in [-0.05, 0) is 31.9 Å². The van der Waals surface area contributed by atoms with Gasteiger partial charge in [0, 0.05) is 12.2 Å². The number of amides is 1. The molecule has 2 aromatic rings. The molecular weight excluding hydrogens is 292 g/mol. The van der Waals surface area contributed by atoms with Gasteiger partial charge in [-0.3, -0.25) is 4.79 Å². The van der Waals surface area contributed by atoms with Gasteiger partial charge in [-0.25, -0.2) is 4.98 Å². The number of hydrogen-bond donors (Lipinski definition) is 2. The van der Waals surface area contributed by atoms with Crippen LogP contribution < -0.4 is 11.1 Å². The third kappa shape index (κ3) is 3.71. The first kappa shape index (κ1) is 17.4. The van der Waals surface area contributed by atoms with Crippen LogP contribution in [0.5, 0.6) is 0 Å². The molecule has 0 spiro atoms. The number of rotatable bonds is 5. The van der Waals surface area contributed by atoms with Gasteiger partial charge in [0.2, 0.25) is 0 Å². The number of nitrogens with two attached hydrogens (primary N) is 1. The number of hydrogen-bond acceptors (Lipinski definition) is 5. The molecule has 0 fully saturated rings. The molecule has 0 aliphatic heterocycles. The third-order valence-electron chi connectivity index (χ3n) is 3.06. The molecule has 21 heavy (non-hydrogen) atoms.